The van der Waals surface area contributed by atoms with E-state index in [1.807, 2.05) is 19.9 Å². The average Bonchev–Trinajstić information content (AvgIpc) is 2.26. The van der Waals surface area contributed by atoms with Gasteiger partial charge in [0.15, 0.2) is 0 Å². The van der Waals surface area contributed by atoms with E-state index < -0.39 is 5.54 Å². The second-order valence-electron chi connectivity index (χ2n) is 4.62. The van der Waals surface area contributed by atoms with Crippen LogP contribution in [0.2, 0.25) is 0 Å². The molecule has 1 aromatic carbocycles. The predicted molar refractivity (Wildman–Crippen MR) is 68.9 cm³/mol. The highest BCUT2D eigenvalue weighted by atomic mass is 79.9. The van der Waals surface area contributed by atoms with Gasteiger partial charge >= 0.3 is 0 Å². The van der Waals surface area contributed by atoms with Gasteiger partial charge in [-0.15, -0.1) is 0 Å². The van der Waals surface area contributed by atoms with Crippen molar-refractivity contribution in [2.45, 2.75) is 38.6 Å². The van der Waals surface area contributed by atoms with Gasteiger partial charge in [0.2, 0.25) is 6.08 Å². The van der Waals surface area contributed by atoms with E-state index in [4.69, 9.17) is 0 Å². The van der Waals surface area contributed by atoms with E-state index in [-0.39, 0.29) is 5.75 Å². The Morgan fingerprint density at radius 2 is 2.12 bits per heavy atom. The third-order valence-electron chi connectivity index (χ3n) is 3.69. The topological polar surface area (TPSA) is 49.7 Å². The minimum absolute atomic E-state index is 0.201. The minimum Gasteiger partial charge on any atom is -0.506 e. The predicted octanol–water partition coefficient (Wildman–Crippen LogP) is 3.49. The molecule has 1 N–H and O–H groups in total. The number of aliphatic imine (C=N–C) groups is 1. The lowest BCUT2D eigenvalue weighted by atomic mass is 9.71. The van der Waals surface area contributed by atoms with Crippen molar-refractivity contribution in [3.05, 3.63) is 27.2 Å². The molecule has 1 aromatic rings. The monoisotopic (exact) mass is 295 g/mol. The molecule has 1 saturated carbocycles. The third-order valence-corrected chi connectivity index (χ3v) is 4.66. The van der Waals surface area contributed by atoms with Crippen molar-refractivity contribution in [3.63, 3.8) is 0 Å². The molecule has 4 heteroatoms. The lowest BCUT2D eigenvalue weighted by molar-refractivity contribution is 0.247. The molecule has 0 saturated heterocycles. The second kappa shape index (κ2) is 4.28. The van der Waals surface area contributed by atoms with E-state index in [1.54, 1.807) is 6.08 Å². The molecule has 0 aromatic heterocycles. The van der Waals surface area contributed by atoms with Gasteiger partial charge in [0.05, 0.1) is 4.47 Å². The van der Waals surface area contributed by atoms with Gasteiger partial charge in [-0.05, 0) is 66.2 Å². The van der Waals surface area contributed by atoms with Crippen molar-refractivity contribution < 1.29 is 9.90 Å². The Bertz CT molecular complexity index is 515. The molecule has 0 unspecified atom stereocenters. The first-order valence-electron chi connectivity index (χ1n) is 5.60. The first kappa shape index (κ1) is 12.3. The van der Waals surface area contributed by atoms with Gasteiger partial charge in [-0.25, -0.2) is 4.79 Å². The Morgan fingerprint density at radius 3 is 2.59 bits per heavy atom. The van der Waals surface area contributed by atoms with Crippen LogP contribution in [0.4, 0.5) is 0 Å². The standard InChI is InChI=1S/C13H14BrNO2/c1-8-6-10(12(17)11(14)9(8)2)13(15-7-16)4-3-5-13/h6,17H,3-5H2,1-2H3. The molecular weight excluding hydrogens is 282 g/mol. The molecule has 0 aliphatic heterocycles. The van der Waals surface area contributed by atoms with E-state index in [1.165, 1.54) is 0 Å². The summed E-state index contributed by atoms with van der Waals surface area (Å²) in [5, 5.41) is 10.2. The van der Waals surface area contributed by atoms with Crippen LogP contribution in [-0.2, 0) is 10.3 Å². The normalized spacial score (nSPS) is 17.1. The fourth-order valence-electron chi connectivity index (χ4n) is 2.26. The fourth-order valence-corrected chi connectivity index (χ4v) is 2.78. The zero-order valence-corrected chi connectivity index (χ0v) is 11.5. The van der Waals surface area contributed by atoms with Crippen molar-refractivity contribution in [2.24, 2.45) is 4.99 Å². The summed E-state index contributed by atoms with van der Waals surface area (Å²) in [6.45, 7) is 3.93. The summed E-state index contributed by atoms with van der Waals surface area (Å²) in [6.07, 6.45) is 4.25. The third kappa shape index (κ3) is 1.81. The van der Waals surface area contributed by atoms with Crippen LogP contribution in [0.5, 0.6) is 5.75 Å². The molecule has 1 aliphatic carbocycles. The molecule has 0 bridgehead atoms. The van der Waals surface area contributed by atoms with Gasteiger partial charge < -0.3 is 5.11 Å². The maximum atomic E-state index is 10.5. The summed E-state index contributed by atoms with van der Waals surface area (Å²) < 4.78 is 0.694. The van der Waals surface area contributed by atoms with E-state index in [2.05, 4.69) is 20.9 Å². The molecule has 0 atom stereocenters. The Morgan fingerprint density at radius 1 is 1.47 bits per heavy atom. The number of benzene rings is 1. The van der Waals surface area contributed by atoms with Gasteiger partial charge in [-0.1, -0.05) is 0 Å². The molecule has 0 radical (unpaired) electrons. The van der Waals surface area contributed by atoms with Crippen LogP contribution in [0.1, 0.15) is 36.0 Å². The van der Waals surface area contributed by atoms with Crippen molar-refractivity contribution in [2.75, 3.05) is 0 Å². The van der Waals surface area contributed by atoms with E-state index in [0.29, 0.717) is 4.47 Å². The van der Waals surface area contributed by atoms with Gasteiger partial charge in [0.1, 0.15) is 11.3 Å². The number of hydrogen-bond acceptors (Lipinski definition) is 3. The van der Waals surface area contributed by atoms with Crippen molar-refractivity contribution in [1.29, 1.82) is 0 Å². The fraction of sp³-hybridized carbons (Fsp3) is 0.462. The quantitative estimate of drug-likeness (QED) is 0.671. The molecule has 0 spiro atoms. The molecular formula is C13H14BrNO2. The molecule has 2 rings (SSSR count). The first-order chi connectivity index (χ1) is 8.02. The molecule has 17 heavy (non-hydrogen) atoms. The Labute approximate surface area is 109 Å². The number of aryl methyl sites for hydroxylation is 1. The Hall–Kier alpha value is -1.12. The molecule has 3 nitrogen and oxygen atoms in total. The molecule has 0 heterocycles. The number of rotatable bonds is 2. The largest absolute Gasteiger partial charge is 0.506 e. The maximum absolute atomic E-state index is 10.5. The van der Waals surface area contributed by atoms with Gasteiger partial charge in [-0.3, -0.25) is 0 Å². The summed E-state index contributed by atoms with van der Waals surface area (Å²) in [5.41, 5.74) is 2.28. The first-order valence-corrected chi connectivity index (χ1v) is 6.39. The molecule has 1 aliphatic rings. The van der Waals surface area contributed by atoms with Crippen molar-refractivity contribution >= 4 is 22.0 Å². The molecule has 90 valence electrons. The number of carbonyl (C=O) groups excluding carboxylic acids is 1. The second-order valence-corrected chi connectivity index (χ2v) is 5.41. The SMILES string of the molecule is Cc1cc(C2(N=C=O)CCC2)c(O)c(Br)c1C. The van der Waals surface area contributed by atoms with Crippen LogP contribution >= 0.6 is 15.9 Å². The van der Waals surface area contributed by atoms with Crippen molar-refractivity contribution in [1.82, 2.24) is 0 Å². The van der Waals surface area contributed by atoms with Crippen molar-refractivity contribution in [3.8, 4) is 5.75 Å². The average molecular weight is 296 g/mol. The Kier molecular flexibility index (Phi) is 3.11. The smallest absolute Gasteiger partial charge is 0.235 e. The van der Waals surface area contributed by atoms with Crippen LogP contribution in [0.3, 0.4) is 0 Å². The van der Waals surface area contributed by atoms with Crippen LogP contribution in [-0.4, -0.2) is 11.2 Å². The minimum atomic E-state index is -0.549. The lowest BCUT2D eigenvalue weighted by Crippen LogP contribution is -2.32. The summed E-state index contributed by atoms with van der Waals surface area (Å²) in [4.78, 5) is 14.5. The van der Waals surface area contributed by atoms with Crippen LogP contribution in [0.25, 0.3) is 0 Å². The Balaban J connectivity index is 2.63. The van der Waals surface area contributed by atoms with Crippen LogP contribution < -0.4 is 0 Å². The van der Waals surface area contributed by atoms with Crippen LogP contribution in [0, 0.1) is 13.8 Å². The van der Waals surface area contributed by atoms with E-state index >= 15 is 0 Å². The summed E-state index contributed by atoms with van der Waals surface area (Å²) in [7, 11) is 0. The number of aromatic hydroxyl groups is 1. The number of phenolic OH excluding ortho intramolecular Hbond substituents is 1. The van der Waals surface area contributed by atoms with Gasteiger partial charge in [0.25, 0.3) is 0 Å². The molecule has 0 amide bonds. The van der Waals surface area contributed by atoms with E-state index in [9.17, 15) is 9.90 Å². The number of halogens is 1. The highest BCUT2D eigenvalue weighted by Gasteiger charge is 2.41. The highest BCUT2D eigenvalue weighted by molar-refractivity contribution is 9.10. The zero-order valence-electron chi connectivity index (χ0n) is 9.88. The van der Waals surface area contributed by atoms with Gasteiger partial charge in [0, 0.05) is 5.56 Å². The number of nitrogens with zero attached hydrogens (tertiary/aromatic N) is 1. The molecule has 1 fully saturated rings. The zero-order chi connectivity index (χ0) is 12.6. The highest BCUT2D eigenvalue weighted by Crippen LogP contribution is 2.50. The summed E-state index contributed by atoms with van der Waals surface area (Å²) in [6, 6.07) is 1.93. The van der Waals surface area contributed by atoms with E-state index in [0.717, 1.165) is 36.0 Å². The maximum Gasteiger partial charge on any atom is 0.235 e. The number of isocyanates is 1. The number of hydrogen-bond donors (Lipinski definition) is 1. The lowest BCUT2D eigenvalue weighted by Gasteiger charge is -2.38. The number of phenols is 1. The van der Waals surface area contributed by atoms with Gasteiger partial charge in [-0.2, -0.15) is 4.99 Å². The summed E-state index contributed by atoms with van der Waals surface area (Å²) >= 11 is 3.39. The summed E-state index contributed by atoms with van der Waals surface area (Å²) in [5.74, 6) is 0.201. The van der Waals surface area contributed by atoms with Crippen LogP contribution in [0.15, 0.2) is 15.5 Å².